The molecule has 3 nitrogen and oxygen atoms in total. The molecule has 3 atom stereocenters. The summed E-state index contributed by atoms with van der Waals surface area (Å²) < 4.78 is 0. The summed E-state index contributed by atoms with van der Waals surface area (Å²) in [5.41, 5.74) is 4.04. The van der Waals surface area contributed by atoms with E-state index in [9.17, 15) is 4.79 Å². The molecule has 21 heavy (non-hydrogen) atoms. The number of halogens is 2. The molecule has 1 N–H and O–H groups in total. The van der Waals surface area contributed by atoms with Gasteiger partial charge in [0.25, 0.3) is 5.91 Å². The van der Waals surface area contributed by atoms with Gasteiger partial charge in [0.05, 0.1) is 10.6 Å². The molecule has 2 bridgehead atoms. The molecule has 0 heterocycles. The second kappa shape index (κ2) is 5.98. The lowest BCUT2D eigenvalue weighted by Crippen LogP contribution is -2.24. The summed E-state index contributed by atoms with van der Waals surface area (Å²) >= 11 is 11.9. The molecular formula is C16H18Cl2N2O. The Morgan fingerprint density at radius 2 is 2.10 bits per heavy atom. The Labute approximate surface area is 134 Å². The van der Waals surface area contributed by atoms with E-state index in [1.165, 1.54) is 25.7 Å². The van der Waals surface area contributed by atoms with E-state index in [1.807, 2.05) is 6.92 Å². The van der Waals surface area contributed by atoms with Gasteiger partial charge >= 0.3 is 0 Å². The highest BCUT2D eigenvalue weighted by molar-refractivity contribution is 6.36. The van der Waals surface area contributed by atoms with Crippen LogP contribution in [-0.2, 0) is 0 Å². The number of hydrazone groups is 1. The third-order valence-corrected chi connectivity index (χ3v) is 5.33. The molecule has 2 fully saturated rings. The monoisotopic (exact) mass is 324 g/mol. The first-order chi connectivity index (χ1) is 10.0. The van der Waals surface area contributed by atoms with Gasteiger partial charge < -0.3 is 0 Å². The van der Waals surface area contributed by atoms with E-state index >= 15 is 0 Å². The molecule has 0 unspecified atom stereocenters. The van der Waals surface area contributed by atoms with Crippen LogP contribution in [0.1, 0.15) is 43.0 Å². The van der Waals surface area contributed by atoms with Gasteiger partial charge in [-0.1, -0.05) is 29.6 Å². The molecule has 1 aromatic rings. The molecular weight excluding hydrogens is 307 g/mol. The van der Waals surface area contributed by atoms with Crippen LogP contribution in [0.25, 0.3) is 0 Å². The van der Waals surface area contributed by atoms with Gasteiger partial charge in [-0.25, -0.2) is 5.43 Å². The Kier molecular flexibility index (Phi) is 4.23. The molecule has 2 saturated carbocycles. The van der Waals surface area contributed by atoms with Gasteiger partial charge in [-0.3, -0.25) is 4.79 Å². The zero-order valence-electron chi connectivity index (χ0n) is 11.9. The quantitative estimate of drug-likeness (QED) is 0.643. The fourth-order valence-electron chi connectivity index (χ4n) is 3.71. The molecule has 2 aliphatic carbocycles. The highest BCUT2D eigenvalue weighted by Gasteiger charge is 2.40. The van der Waals surface area contributed by atoms with Crippen LogP contribution in [0.4, 0.5) is 0 Å². The second-order valence-electron chi connectivity index (χ2n) is 6.10. The average Bonchev–Trinajstić information content (AvgIpc) is 3.07. The Morgan fingerprint density at radius 3 is 2.71 bits per heavy atom. The normalized spacial score (nSPS) is 28.0. The molecule has 0 saturated heterocycles. The smallest absolute Gasteiger partial charge is 0.267 e. The number of nitrogens with zero attached hydrogens (tertiary/aromatic N) is 1. The van der Waals surface area contributed by atoms with E-state index < -0.39 is 0 Å². The van der Waals surface area contributed by atoms with E-state index in [0.717, 1.165) is 17.5 Å². The average molecular weight is 325 g/mol. The van der Waals surface area contributed by atoms with Crippen molar-refractivity contribution in [2.24, 2.45) is 22.9 Å². The maximum atomic E-state index is 12.1. The van der Waals surface area contributed by atoms with Gasteiger partial charge in [-0.15, -0.1) is 0 Å². The second-order valence-corrected chi connectivity index (χ2v) is 6.94. The van der Waals surface area contributed by atoms with Gasteiger partial charge in [0.1, 0.15) is 0 Å². The molecule has 0 aromatic heterocycles. The Hall–Kier alpha value is -1.06. The van der Waals surface area contributed by atoms with Crippen molar-refractivity contribution in [3.05, 3.63) is 33.8 Å². The van der Waals surface area contributed by atoms with E-state index in [2.05, 4.69) is 10.5 Å². The maximum Gasteiger partial charge on any atom is 0.272 e. The number of benzene rings is 1. The van der Waals surface area contributed by atoms with Crippen molar-refractivity contribution >= 4 is 34.8 Å². The first-order valence-corrected chi connectivity index (χ1v) is 8.09. The molecule has 5 heteroatoms. The van der Waals surface area contributed by atoms with Crippen LogP contribution in [-0.4, -0.2) is 11.6 Å². The molecule has 2 aliphatic rings. The van der Waals surface area contributed by atoms with Crippen molar-refractivity contribution in [1.29, 1.82) is 0 Å². The summed E-state index contributed by atoms with van der Waals surface area (Å²) in [6.45, 7) is 2.01. The minimum absolute atomic E-state index is 0.292. The van der Waals surface area contributed by atoms with Crippen LogP contribution in [0.15, 0.2) is 23.3 Å². The van der Waals surface area contributed by atoms with Crippen molar-refractivity contribution in [1.82, 2.24) is 5.43 Å². The number of carbonyl (C=O) groups excluding carboxylic acids is 1. The third-order valence-electron chi connectivity index (χ3n) is 4.78. The summed E-state index contributed by atoms with van der Waals surface area (Å²) in [5.74, 6) is 1.87. The lowest BCUT2D eigenvalue weighted by atomic mass is 9.86. The molecule has 112 valence electrons. The van der Waals surface area contributed by atoms with E-state index in [0.29, 0.717) is 21.5 Å². The van der Waals surface area contributed by atoms with Crippen LogP contribution >= 0.6 is 23.2 Å². The summed E-state index contributed by atoms with van der Waals surface area (Å²) in [4.78, 5) is 12.1. The summed E-state index contributed by atoms with van der Waals surface area (Å²) in [6, 6.07) is 4.82. The van der Waals surface area contributed by atoms with Crippen molar-refractivity contribution < 1.29 is 4.79 Å². The predicted molar refractivity (Wildman–Crippen MR) is 86.0 cm³/mol. The Bertz CT molecular complexity index is 600. The van der Waals surface area contributed by atoms with Crippen LogP contribution in [0, 0.1) is 17.8 Å². The number of hydrogen-bond acceptors (Lipinski definition) is 2. The van der Waals surface area contributed by atoms with Gasteiger partial charge in [0.15, 0.2) is 0 Å². The molecule has 0 aliphatic heterocycles. The summed E-state index contributed by atoms with van der Waals surface area (Å²) in [6.07, 6.45) is 5.21. The fourth-order valence-corrected chi connectivity index (χ4v) is 4.21. The number of hydrogen-bond donors (Lipinski definition) is 1. The minimum atomic E-state index is -0.292. The standard InChI is InChI=1S/C16H18Cl2N2O/c1-9(14-7-10-2-3-11(14)6-10)19-20-16(21)13-5-4-12(17)8-15(13)18/h4-5,8,10-11,14H,2-3,6-7H2,1H3,(H,20,21)/b19-9-/t10-,11+,14+/m0/s1. The summed E-state index contributed by atoms with van der Waals surface area (Å²) in [5, 5.41) is 5.14. The van der Waals surface area contributed by atoms with Gasteiger partial charge in [0, 0.05) is 16.7 Å². The van der Waals surface area contributed by atoms with Crippen LogP contribution in [0.5, 0.6) is 0 Å². The van der Waals surface area contributed by atoms with Crippen LogP contribution in [0.2, 0.25) is 10.0 Å². The van der Waals surface area contributed by atoms with Gasteiger partial charge in [0.2, 0.25) is 0 Å². The fraction of sp³-hybridized carbons (Fsp3) is 0.500. The van der Waals surface area contributed by atoms with Crippen molar-refractivity contribution in [3.8, 4) is 0 Å². The SMILES string of the molecule is C/C(=N/NC(=O)c1ccc(Cl)cc1Cl)[C@H]1C[C@H]2CC[C@@H]1C2. The van der Waals surface area contributed by atoms with Gasteiger partial charge in [-0.05, 0) is 56.2 Å². The largest absolute Gasteiger partial charge is 0.272 e. The predicted octanol–water partition coefficient (Wildman–Crippen LogP) is 4.54. The van der Waals surface area contributed by atoms with Crippen molar-refractivity contribution in [2.45, 2.75) is 32.6 Å². The molecule has 0 radical (unpaired) electrons. The Morgan fingerprint density at radius 1 is 1.29 bits per heavy atom. The zero-order valence-corrected chi connectivity index (χ0v) is 13.4. The highest BCUT2D eigenvalue weighted by Crippen LogP contribution is 2.48. The highest BCUT2D eigenvalue weighted by atomic mass is 35.5. The number of nitrogens with one attached hydrogen (secondary N) is 1. The number of carbonyl (C=O) groups is 1. The zero-order chi connectivity index (χ0) is 15.0. The maximum absolute atomic E-state index is 12.1. The van der Waals surface area contributed by atoms with Crippen molar-refractivity contribution in [2.75, 3.05) is 0 Å². The van der Waals surface area contributed by atoms with Crippen molar-refractivity contribution in [3.63, 3.8) is 0 Å². The molecule has 1 aromatic carbocycles. The summed E-state index contributed by atoms with van der Waals surface area (Å²) in [7, 11) is 0. The number of fused-ring (bicyclic) bond motifs is 2. The van der Waals surface area contributed by atoms with E-state index in [-0.39, 0.29) is 5.91 Å². The molecule has 0 spiro atoms. The molecule has 1 amide bonds. The van der Waals surface area contributed by atoms with Crippen LogP contribution in [0.3, 0.4) is 0 Å². The molecule has 3 rings (SSSR count). The first-order valence-electron chi connectivity index (χ1n) is 7.34. The number of amides is 1. The van der Waals surface area contributed by atoms with Crippen LogP contribution < -0.4 is 5.43 Å². The first kappa shape index (κ1) is 14.9. The topological polar surface area (TPSA) is 41.5 Å². The van der Waals surface area contributed by atoms with E-state index in [1.54, 1.807) is 18.2 Å². The van der Waals surface area contributed by atoms with Gasteiger partial charge in [-0.2, -0.15) is 5.10 Å². The third kappa shape index (κ3) is 3.09. The lowest BCUT2D eigenvalue weighted by molar-refractivity contribution is 0.0954. The van der Waals surface area contributed by atoms with E-state index in [4.69, 9.17) is 23.2 Å². The Balaban J connectivity index is 1.66. The minimum Gasteiger partial charge on any atom is -0.267 e. The number of rotatable bonds is 3. The lowest BCUT2D eigenvalue weighted by Gasteiger charge is -2.21.